The molecule has 0 saturated carbocycles. The van der Waals surface area contributed by atoms with Crippen LogP contribution in [0.4, 0.5) is 0 Å². The first-order chi connectivity index (χ1) is 9.61. The highest BCUT2D eigenvalue weighted by molar-refractivity contribution is 6.30. The van der Waals surface area contributed by atoms with Gasteiger partial charge < -0.3 is 15.1 Å². The molecule has 20 heavy (non-hydrogen) atoms. The highest BCUT2D eigenvalue weighted by atomic mass is 35.5. The van der Waals surface area contributed by atoms with Gasteiger partial charge in [0, 0.05) is 36.8 Å². The molecule has 0 aliphatic carbocycles. The molecule has 2 rings (SSSR count). The summed E-state index contributed by atoms with van der Waals surface area (Å²) in [5.41, 5.74) is 0.629. The smallest absolute Gasteiger partial charge is 0.253 e. The zero-order chi connectivity index (χ0) is 14.5. The van der Waals surface area contributed by atoms with Crippen LogP contribution in [0.2, 0.25) is 5.02 Å². The lowest BCUT2D eigenvalue weighted by atomic mass is 10.2. The topological polar surface area (TPSA) is 52.7 Å². The van der Waals surface area contributed by atoms with Crippen molar-refractivity contribution in [3.05, 3.63) is 34.9 Å². The second kappa shape index (κ2) is 6.72. The Morgan fingerprint density at radius 1 is 1.10 bits per heavy atom. The Labute approximate surface area is 123 Å². The summed E-state index contributed by atoms with van der Waals surface area (Å²) in [7, 11) is 1.75. The number of hydrogen-bond acceptors (Lipinski definition) is 3. The third-order valence-electron chi connectivity index (χ3n) is 3.34. The van der Waals surface area contributed by atoms with Gasteiger partial charge in [-0.1, -0.05) is 11.6 Å². The number of piperazine rings is 1. The van der Waals surface area contributed by atoms with E-state index in [0.717, 1.165) is 0 Å². The lowest BCUT2D eigenvalue weighted by Gasteiger charge is -2.34. The molecular weight excluding hydrogens is 278 g/mol. The van der Waals surface area contributed by atoms with Gasteiger partial charge in [0.15, 0.2) is 0 Å². The maximum absolute atomic E-state index is 12.3. The summed E-state index contributed by atoms with van der Waals surface area (Å²) >= 11 is 5.81. The van der Waals surface area contributed by atoms with Crippen molar-refractivity contribution in [1.82, 2.24) is 15.1 Å². The van der Waals surface area contributed by atoms with Crippen LogP contribution in [0.3, 0.4) is 0 Å². The molecule has 1 aromatic rings. The van der Waals surface area contributed by atoms with Crippen molar-refractivity contribution in [3.63, 3.8) is 0 Å². The maximum Gasteiger partial charge on any atom is 0.253 e. The average Bonchev–Trinajstić information content (AvgIpc) is 2.48. The number of hydrogen-bond donors (Lipinski definition) is 1. The predicted molar refractivity (Wildman–Crippen MR) is 77.9 cm³/mol. The average molecular weight is 296 g/mol. The third-order valence-corrected chi connectivity index (χ3v) is 3.59. The molecule has 0 unspecified atom stereocenters. The van der Waals surface area contributed by atoms with Crippen LogP contribution in [0, 0.1) is 0 Å². The van der Waals surface area contributed by atoms with E-state index in [-0.39, 0.29) is 11.8 Å². The second-order valence-corrected chi connectivity index (χ2v) is 5.15. The monoisotopic (exact) mass is 295 g/mol. The Kier molecular flexibility index (Phi) is 4.98. The summed E-state index contributed by atoms with van der Waals surface area (Å²) in [5, 5.41) is 3.46. The van der Waals surface area contributed by atoms with Crippen LogP contribution in [0.15, 0.2) is 24.3 Å². The van der Waals surface area contributed by atoms with Crippen LogP contribution >= 0.6 is 11.6 Å². The van der Waals surface area contributed by atoms with Crippen molar-refractivity contribution in [2.75, 3.05) is 39.8 Å². The summed E-state index contributed by atoms with van der Waals surface area (Å²) in [6.07, 6.45) is 0. The molecule has 1 fully saturated rings. The largest absolute Gasteiger partial charge is 0.338 e. The van der Waals surface area contributed by atoms with Gasteiger partial charge in [-0.05, 0) is 31.3 Å². The molecule has 1 heterocycles. The fourth-order valence-electron chi connectivity index (χ4n) is 2.20. The number of carbonyl (C=O) groups is 2. The first-order valence-electron chi connectivity index (χ1n) is 6.59. The number of carbonyl (C=O) groups excluding carboxylic acids is 2. The van der Waals surface area contributed by atoms with Crippen LogP contribution in [-0.2, 0) is 4.79 Å². The Balaban J connectivity index is 1.92. The van der Waals surface area contributed by atoms with Crippen molar-refractivity contribution in [2.45, 2.75) is 0 Å². The van der Waals surface area contributed by atoms with Crippen LogP contribution in [0.5, 0.6) is 0 Å². The number of benzene rings is 1. The first-order valence-corrected chi connectivity index (χ1v) is 6.97. The normalized spacial score (nSPS) is 15.3. The van der Waals surface area contributed by atoms with Gasteiger partial charge in [-0.15, -0.1) is 0 Å². The van der Waals surface area contributed by atoms with E-state index in [9.17, 15) is 9.59 Å². The summed E-state index contributed by atoms with van der Waals surface area (Å²) in [6, 6.07) is 6.87. The molecule has 0 bridgehead atoms. The van der Waals surface area contributed by atoms with E-state index < -0.39 is 0 Å². The third kappa shape index (κ3) is 3.49. The summed E-state index contributed by atoms with van der Waals surface area (Å²) < 4.78 is 0. The Morgan fingerprint density at radius 3 is 2.20 bits per heavy atom. The molecule has 0 spiro atoms. The molecule has 2 amide bonds. The number of halogens is 1. The van der Waals surface area contributed by atoms with Gasteiger partial charge in [0.1, 0.15) is 0 Å². The zero-order valence-electron chi connectivity index (χ0n) is 11.4. The minimum Gasteiger partial charge on any atom is -0.338 e. The van der Waals surface area contributed by atoms with Crippen molar-refractivity contribution >= 4 is 23.4 Å². The van der Waals surface area contributed by atoms with Crippen LogP contribution < -0.4 is 5.32 Å². The van der Waals surface area contributed by atoms with E-state index in [1.807, 2.05) is 0 Å². The van der Waals surface area contributed by atoms with Gasteiger partial charge in [-0.25, -0.2) is 0 Å². The molecule has 0 atom stereocenters. The molecule has 1 aliphatic heterocycles. The molecule has 1 saturated heterocycles. The van der Waals surface area contributed by atoms with Gasteiger partial charge in [-0.2, -0.15) is 0 Å². The Hall–Kier alpha value is -1.59. The number of rotatable bonds is 3. The van der Waals surface area contributed by atoms with Crippen molar-refractivity contribution < 1.29 is 9.59 Å². The van der Waals surface area contributed by atoms with E-state index in [1.165, 1.54) is 0 Å². The van der Waals surface area contributed by atoms with Crippen molar-refractivity contribution in [3.8, 4) is 0 Å². The second-order valence-electron chi connectivity index (χ2n) is 4.71. The van der Waals surface area contributed by atoms with Crippen molar-refractivity contribution in [1.29, 1.82) is 0 Å². The molecule has 1 N–H and O–H groups in total. The van der Waals surface area contributed by atoms with Gasteiger partial charge in [0.05, 0.1) is 6.54 Å². The van der Waals surface area contributed by atoms with E-state index in [4.69, 9.17) is 11.6 Å². The van der Waals surface area contributed by atoms with E-state index in [0.29, 0.717) is 43.3 Å². The Morgan fingerprint density at radius 2 is 1.65 bits per heavy atom. The number of nitrogens with one attached hydrogen (secondary N) is 1. The number of amides is 2. The standard InChI is InChI=1S/C14H18ClN3O2/c1-16-10-13(19)17-6-8-18(9-7-17)14(20)11-2-4-12(15)5-3-11/h2-5,16H,6-10H2,1H3. The lowest BCUT2D eigenvalue weighted by Crippen LogP contribution is -2.52. The fourth-order valence-corrected chi connectivity index (χ4v) is 2.32. The van der Waals surface area contributed by atoms with Gasteiger partial charge in [0.25, 0.3) is 5.91 Å². The molecular formula is C14H18ClN3O2. The SMILES string of the molecule is CNCC(=O)N1CCN(C(=O)c2ccc(Cl)cc2)CC1. The minimum atomic E-state index is -0.0117. The highest BCUT2D eigenvalue weighted by Gasteiger charge is 2.24. The van der Waals surface area contributed by atoms with Crippen LogP contribution in [-0.4, -0.2) is 61.4 Å². The molecule has 5 nitrogen and oxygen atoms in total. The summed E-state index contributed by atoms with van der Waals surface area (Å²) in [4.78, 5) is 27.6. The molecule has 108 valence electrons. The highest BCUT2D eigenvalue weighted by Crippen LogP contribution is 2.13. The molecule has 1 aliphatic rings. The predicted octanol–water partition coefficient (Wildman–Crippen LogP) is 0.844. The maximum atomic E-state index is 12.3. The van der Waals surface area contributed by atoms with Crippen LogP contribution in [0.1, 0.15) is 10.4 Å². The quantitative estimate of drug-likeness (QED) is 0.899. The molecule has 6 heteroatoms. The number of likely N-dealkylation sites (N-methyl/N-ethyl adjacent to an activating group) is 1. The van der Waals surface area contributed by atoms with Gasteiger partial charge in [-0.3, -0.25) is 9.59 Å². The van der Waals surface area contributed by atoms with Crippen LogP contribution in [0.25, 0.3) is 0 Å². The molecule has 0 aromatic heterocycles. The van der Waals surface area contributed by atoms with E-state index in [1.54, 1.807) is 41.1 Å². The Bertz CT molecular complexity index is 482. The lowest BCUT2D eigenvalue weighted by molar-refractivity contribution is -0.131. The zero-order valence-corrected chi connectivity index (χ0v) is 12.2. The molecule has 1 aromatic carbocycles. The van der Waals surface area contributed by atoms with Gasteiger partial charge in [0.2, 0.25) is 5.91 Å². The summed E-state index contributed by atoms with van der Waals surface area (Å²) in [5.74, 6) is 0.0634. The summed E-state index contributed by atoms with van der Waals surface area (Å²) in [6.45, 7) is 2.64. The fraction of sp³-hybridized carbons (Fsp3) is 0.429. The van der Waals surface area contributed by atoms with Crippen molar-refractivity contribution in [2.24, 2.45) is 0 Å². The molecule has 0 radical (unpaired) electrons. The first kappa shape index (κ1) is 14.8. The van der Waals surface area contributed by atoms with E-state index >= 15 is 0 Å². The minimum absolute atomic E-state index is 0.0117. The van der Waals surface area contributed by atoms with E-state index in [2.05, 4.69) is 5.32 Å². The van der Waals surface area contributed by atoms with Gasteiger partial charge >= 0.3 is 0 Å². The number of nitrogens with zero attached hydrogens (tertiary/aromatic N) is 2.